The molecule has 1 N–H and O–H groups in total. The summed E-state index contributed by atoms with van der Waals surface area (Å²) < 4.78 is 10.6. The van der Waals surface area contributed by atoms with E-state index in [4.69, 9.17) is 9.47 Å². The number of amides is 1. The number of ketones is 1. The average molecular weight is 370 g/mol. The molecule has 144 valence electrons. The molecule has 0 saturated heterocycles. The number of methoxy groups -OCH3 is 2. The number of likely N-dealkylation sites (N-methyl/N-ethyl adjacent to an activating group) is 1. The molecule has 0 aromatic heterocycles. The van der Waals surface area contributed by atoms with Crippen molar-refractivity contribution in [2.45, 2.75) is 26.4 Å². The fraction of sp³-hybridized carbons (Fsp3) is 0.333. The molecule has 0 saturated carbocycles. The molecule has 0 unspecified atom stereocenters. The minimum Gasteiger partial charge on any atom is -0.493 e. The van der Waals surface area contributed by atoms with Crippen molar-refractivity contribution in [1.29, 1.82) is 0 Å². The Labute approximate surface area is 160 Å². The van der Waals surface area contributed by atoms with Gasteiger partial charge in [0.1, 0.15) is 0 Å². The van der Waals surface area contributed by atoms with Crippen LogP contribution < -0.4 is 14.8 Å². The topological polar surface area (TPSA) is 67.9 Å². The highest BCUT2D eigenvalue weighted by Crippen LogP contribution is 2.28. The van der Waals surface area contributed by atoms with Gasteiger partial charge in [-0.1, -0.05) is 6.07 Å². The second-order valence-corrected chi connectivity index (χ2v) is 6.40. The highest BCUT2D eigenvalue weighted by molar-refractivity contribution is 5.96. The van der Waals surface area contributed by atoms with Gasteiger partial charge in [0, 0.05) is 17.8 Å². The highest BCUT2D eigenvalue weighted by atomic mass is 16.5. The van der Waals surface area contributed by atoms with Gasteiger partial charge in [-0.15, -0.1) is 0 Å². The normalized spacial score (nSPS) is 11.8. The van der Waals surface area contributed by atoms with Crippen LogP contribution in [-0.4, -0.2) is 43.9 Å². The van der Waals surface area contributed by atoms with Gasteiger partial charge in [-0.2, -0.15) is 0 Å². The zero-order chi connectivity index (χ0) is 20.0. The number of nitrogens with one attached hydrogen (secondary N) is 1. The first-order valence-corrected chi connectivity index (χ1v) is 8.68. The van der Waals surface area contributed by atoms with Gasteiger partial charge in [0.2, 0.25) is 5.91 Å². The van der Waals surface area contributed by atoms with Gasteiger partial charge in [-0.05, 0) is 62.9 Å². The molecule has 2 aromatic rings. The zero-order valence-electron chi connectivity index (χ0n) is 16.4. The fourth-order valence-corrected chi connectivity index (χ4v) is 2.64. The van der Waals surface area contributed by atoms with Crippen molar-refractivity contribution >= 4 is 17.4 Å². The third-order valence-electron chi connectivity index (χ3n) is 4.48. The molecule has 1 amide bonds. The average Bonchev–Trinajstić information content (AvgIpc) is 2.67. The molecule has 0 bridgehead atoms. The largest absolute Gasteiger partial charge is 0.493 e. The van der Waals surface area contributed by atoms with E-state index in [-0.39, 0.29) is 17.7 Å². The molecular weight excluding hydrogens is 344 g/mol. The lowest BCUT2D eigenvalue weighted by atomic mass is 10.1. The number of nitrogens with zero attached hydrogens (tertiary/aromatic N) is 1. The number of hydrogen-bond donors (Lipinski definition) is 1. The maximum Gasteiger partial charge on any atom is 0.241 e. The number of Topliss-reactive ketones (excluding diaryl/α,β-unsaturated/α-hetero) is 1. The minimum atomic E-state index is -0.342. The predicted octanol–water partition coefficient (Wildman–Crippen LogP) is 3.37. The molecular formula is C21H26N2O4. The molecule has 6 heteroatoms. The van der Waals surface area contributed by atoms with Crippen LogP contribution in [-0.2, 0) is 11.3 Å². The van der Waals surface area contributed by atoms with E-state index in [0.29, 0.717) is 29.3 Å². The Morgan fingerprint density at radius 2 is 1.67 bits per heavy atom. The summed E-state index contributed by atoms with van der Waals surface area (Å²) in [6.45, 7) is 3.94. The quantitative estimate of drug-likeness (QED) is 0.722. The first-order chi connectivity index (χ1) is 12.8. The van der Waals surface area contributed by atoms with Crippen molar-refractivity contribution in [2.75, 3.05) is 26.6 Å². The summed E-state index contributed by atoms with van der Waals surface area (Å²) in [5.74, 6) is 1.21. The number of rotatable bonds is 8. The molecule has 2 rings (SSSR count). The Balaban J connectivity index is 2.00. The number of benzene rings is 2. The SMILES string of the molecule is COc1ccc(CN(C)[C@@H](C)C(=O)Nc2ccc(C(C)=O)cc2)cc1OC. The Morgan fingerprint density at radius 3 is 2.22 bits per heavy atom. The summed E-state index contributed by atoms with van der Waals surface area (Å²) in [4.78, 5) is 25.8. The van der Waals surface area contributed by atoms with Crippen LogP contribution in [0, 0.1) is 0 Å². The standard InChI is InChI=1S/C21H26N2O4/c1-14(21(25)22-18-9-7-17(8-10-18)15(2)24)23(3)13-16-6-11-19(26-4)20(12-16)27-5/h6-12,14H,13H2,1-5H3,(H,22,25)/t14-/m0/s1. The number of hydrogen-bond acceptors (Lipinski definition) is 5. The summed E-state index contributed by atoms with van der Waals surface area (Å²) >= 11 is 0. The Kier molecular flexibility index (Phi) is 6.96. The summed E-state index contributed by atoms with van der Waals surface area (Å²) in [5.41, 5.74) is 2.29. The number of ether oxygens (including phenoxy) is 2. The third kappa shape index (κ3) is 5.31. The number of carbonyl (C=O) groups is 2. The molecule has 0 radical (unpaired) electrons. The van der Waals surface area contributed by atoms with Gasteiger partial charge in [0.15, 0.2) is 17.3 Å². The van der Waals surface area contributed by atoms with Crippen molar-refractivity contribution < 1.29 is 19.1 Å². The second-order valence-electron chi connectivity index (χ2n) is 6.40. The van der Waals surface area contributed by atoms with Crippen LogP contribution in [0.4, 0.5) is 5.69 Å². The maximum atomic E-state index is 12.5. The monoisotopic (exact) mass is 370 g/mol. The van der Waals surface area contributed by atoms with Gasteiger partial charge in [-0.25, -0.2) is 0 Å². The first kappa shape index (κ1) is 20.5. The van der Waals surface area contributed by atoms with Crippen LogP contribution in [0.3, 0.4) is 0 Å². The van der Waals surface area contributed by atoms with Crippen molar-refractivity contribution in [2.24, 2.45) is 0 Å². The maximum absolute atomic E-state index is 12.5. The van der Waals surface area contributed by atoms with E-state index >= 15 is 0 Å². The summed E-state index contributed by atoms with van der Waals surface area (Å²) in [6.07, 6.45) is 0. The number of carbonyl (C=O) groups excluding carboxylic acids is 2. The van der Waals surface area contributed by atoms with E-state index in [0.717, 1.165) is 5.56 Å². The highest BCUT2D eigenvalue weighted by Gasteiger charge is 2.19. The van der Waals surface area contributed by atoms with Crippen LogP contribution in [0.5, 0.6) is 11.5 Å². The van der Waals surface area contributed by atoms with E-state index in [1.54, 1.807) is 38.5 Å². The van der Waals surface area contributed by atoms with Crippen molar-refractivity contribution in [1.82, 2.24) is 4.90 Å². The molecule has 2 aromatic carbocycles. The first-order valence-electron chi connectivity index (χ1n) is 8.68. The predicted molar refractivity (Wildman–Crippen MR) is 106 cm³/mol. The lowest BCUT2D eigenvalue weighted by Gasteiger charge is -2.24. The van der Waals surface area contributed by atoms with E-state index in [9.17, 15) is 9.59 Å². The van der Waals surface area contributed by atoms with Crippen molar-refractivity contribution in [3.05, 3.63) is 53.6 Å². The smallest absolute Gasteiger partial charge is 0.241 e. The fourth-order valence-electron chi connectivity index (χ4n) is 2.64. The van der Waals surface area contributed by atoms with E-state index in [2.05, 4.69) is 5.32 Å². The van der Waals surface area contributed by atoms with Crippen LogP contribution >= 0.6 is 0 Å². The molecule has 0 heterocycles. The van der Waals surface area contributed by atoms with Crippen molar-refractivity contribution in [3.63, 3.8) is 0 Å². The van der Waals surface area contributed by atoms with Gasteiger partial charge < -0.3 is 14.8 Å². The summed E-state index contributed by atoms with van der Waals surface area (Å²) in [6, 6.07) is 12.2. The van der Waals surface area contributed by atoms with E-state index in [1.165, 1.54) is 6.92 Å². The van der Waals surface area contributed by atoms with Crippen LogP contribution in [0.1, 0.15) is 29.8 Å². The molecule has 0 aliphatic carbocycles. The van der Waals surface area contributed by atoms with Crippen LogP contribution in [0.15, 0.2) is 42.5 Å². The molecule has 0 aliphatic rings. The molecule has 0 fully saturated rings. The minimum absolute atomic E-state index is 0.00380. The van der Waals surface area contributed by atoms with Gasteiger partial charge >= 0.3 is 0 Å². The van der Waals surface area contributed by atoms with Crippen molar-refractivity contribution in [3.8, 4) is 11.5 Å². The zero-order valence-corrected chi connectivity index (χ0v) is 16.4. The molecule has 0 spiro atoms. The number of anilines is 1. The summed E-state index contributed by atoms with van der Waals surface area (Å²) in [5, 5.41) is 2.88. The molecule has 1 atom stereocenters. The lowest BCUT2D eigenvalue weighted by molar-refractivity contribution is -0.120. The molecule has 27 heavy (non-hydrogen) atoms. The summed E-state index contributed by atoms with van der Waals surface area (Å²) in [7, 11) is 5.08. The van der Waals surface area contributed by atoms with E-state index in [1.807, 2.05) is 37.1 Å². The van der Waals surface area contributed by atoms with Crippen LogP contribution in [0.25, 0.3) is 0 Å². The van der Waals surface area contributed by atoms with E-state index < -0.39 is 0 Å². The molecule has 0 aliphatic heterocycles. The second kappa shape index (κ2) is 9.19. The third-order valence-corrected chi connectivity index (χ3v) is 4.48. The van der Waals surface area contributed by atoms with Gasteiger partial charge in [0.25, 0.3) is 0 Å². The van der Waals surface area contributed by atoms with Crippen LogP contribution in [0.2, 0.25) is 0 Å². The van der Waals surface area contributed by atoms with Gasteiger partial charge in [0.05, 0.1) is 20.3 Å². The van der Waals surface area contributed by atoms with Gasteiger partial charge in [-0.3, -0.25) is 14.5 Å². The Hall–Kier alpha value is -2.86. The Bertz CT molecular complexity index is 802. The molecule has 6 nitrogen and oxygen atoms in total. The lowest BCUT2D eigenvalue weighted by Crippen LogP contribution is -2.39. The Morgan fingerprint density at radius 1 is 1.04 bits per heavy atom.